The number of Topliss-reactive ketones (excluding diaryl/α,β-unsaturated/α-hetero) is 1. The van der Waals surface area contributed by atoms with Gasteiger partial charge in [-0.3, -0.25) is 9.78 Å². The first-order valence-electron chi connectivity index (χ1n) is 3.23. The number of nitrogens with zero attached hydrogens (tertiary/aromatic N) is 2. The van der Waals surface area contributed by atoms with Crippen molar-refractivity contribution in [2.75, 3.05) is 0 Å². The van der Waals surface area contributed by atoms with E-state index >= 15 is 0 Å². The van der Waals surface area contributed by atoms with Crippen LogP contribution in [0.2, 0.25) is 0 Å². The number of nitrogens with one attached hydrogen (secondary N) is 1. The van der Waals surface area contributed by atoms with Gasteiger partial charge in [0, 0.05) is 0 Å². The van der Waals surface area contributed by atoms with E-state index in [-0.39, 0.29) is 18.0 Å². The molecule has 0 aromatic carbocycles. The van der Waals surface area contributed by atoms with Gasteiger partial charge in [-0.25, -0.2) is 9.48 Å². The topological polar surface area (TPSA) is 67.8 Å². The third kappa shape index (κ3) is 1.76. The highest BCUT2D eigenvalue weighted by atomic mass is 16.2. The van der Waals surface area contributed by atoms with Crippen molar-refractivity contribution in [2.45, 2.75) is 20.4 Å². The van der Waals surface area contributed by atoms with E-state index in [2.05, 4.69) is 10.1 Å². The van der Waals surface area contributed by atoms with Crippen LogP contribution in [0.1, 0.15) is 12.7 Å². The number of H-pyrrole nitrogens is 1. The maximum Gasteiger partial charge on any atom is 0.343 e. The fraction of sp³-hybridized carbons (Fsp3) is 0.500. The monoisotopic (exact) mass is 155 g/mol. The van der Waals surface area contributed by atoms with E-state index < -0.39 is 0 Å². The number of hydrogen-bond donors (Lipinski definition) is 1. The highest BCUT2D eigenvalue weighted by Gasteiger charge is 2.02. The molecular formula is C6H9N3O2. The van der Waals surface area contributed by atoms with Crippen LogP contribution in [0.5, 0.6) is 0 Å². The van der Waals surface area contributed by atoms with Crippen LogP contribution >= 0.6 is 0 Å². The number of carbonyl (C=O) groups is 1. The molecule has 0 aliphatic heterocycles. The molecule has 0 radical (unpaired) electrons. The summed E-state index contributed by atoms with van der Waals surface area (Å²) in [5.74, 6) is 0.440. The van der Waals surface area contributed by atoms with Crippen LogP contribution in [0.4, 0.5) is 0 Å². The fourth-order valence-electron chi connectivity index (χ4n) is 0.789. The molecule has 1 N–H and O–H groups in total. The van der Waals surface area contributed by atoms with Crippen LogP contribution in [0.25, 0.3) is 0 Å². The lowest BCUT2D eigenvalue weighted by Crippen LogP contribution is -2.21. The number of hydrogen-bond acceptors (Lipinski definition) is 3. The van der Waals surface area contributed by atoms with Crippen molar-refractivity contribution in [1.29, 1.82) is 0 Å². The smallest absolute Gasteiger partial charge is 0.298 e. The van der Waals surface area contributed by atoms with Crippen molar-refractivity contribution in [3.05, 3.63) is 16.3 Å². The number of aromatic amines is 1. The molecule has 11 heavy (non-hydrogen) atoms. The lowest BCUT2D eigenvalue weighted by molar-refractivity contribution is -0.117. The quantitative estimate of drug-likeness (QED) is 0.624. The lowest BCUT2D eigenvalue weighted by Gasteiger charge is -1.90. The van der Waals surface area contributed by atoms with Crippen molar-refractivity contribution in [3.8, 4) is 0 Å². The molecule has 1 heterocycles. The molecule has 0 bridgehead atoms. The minimum Gasteiger partial charge on any atom is -0.298 e. The van der Waals surface area contributed by atoms with E-state index in [1.165, 1.54) is 6.92 Å². The summed E-state index contributed by atoms with van der Waals surface area (Å²) in [6.07, 6.45) is 0. The van der Waals surface area contributed by atoms with E-state index in [1.807, 2.05) is 0 Å². The summed E-state index contributed by atoms with van der Waals surface area (Å²) in [7, 11) is 0. The van der Waals surface area contributed by atoms with Gasteiger partial charge < -0.3 is 0 Å². The first kappa shape index (κ1) is 7.71. The van der Waals surface area contributed by atoms with E-state index in [0.717, 1.165) is 4.68 Å². The second-order valence-electron chi connectivity index (χ2n) is 2.38. The standard InChI is InChI=1S/C6H9N3O2/c1-4(10)3-9-6(11)7-5(2)8-9/h3H2,1-2H3,(H,7,8,11). The first-order chi connectivity index (χ1) is 5.09. The number of aryl methyl sites for hydroxylation is 1. The minimum atomic E-state index is -0.335. The molecule has 5 nitrogen and oxygen atoms in total. The zero-order chi connectivity index (χ0) is 8.43. The van der Waals surface area contributed by atoms with Crippen molar-refractivity contribution in [3.63, 3.8) is 0 Å². The highest BCUT2D eigenvalue weighted by molar-refractivity contribution is 5.75. The van der Waals surface area contributed by atoms with Gasteiger partial charge in [0.15, 0.2) is 5.78 Å². The van der Waals surface area contributed by atoms with Gasteiger partial charge in [-0.1, -0.05) is 0 Å². The predicted molar refractivity (Wildman–Crippen MR) is 38.3 cm³/mol. The summed E-state index contributed by atoms with van der Waals surface area (Å²) < 4.78 is 1.11. The highest BCUT2D eigenvalue weighted by Crippen LogP contribution is 1.80. The van der Waals surface area contributed by atoms with Gasteiger partial charge in [0.25, 0.3) is 0 Å². The van der Waals surface area contributed by atoms with E-state index in [9.17, 15) is 9.59 Å². The van der Waals surface area contributed by atoms with Gasteiger partial charge in [-0.15, -0.1) is 0 Å². The first-order valence-corrected chi connectivity index (χ1v) is 3.23. The molecule has 0 aliphatic rings. The fourth-order valence-corrected chi connectivity index (χ4v) is 0.789. The van der Waals surface area contributed by atoms with Crippen LogP contribution in [0.15, 0.2) is 4.79 Å². The summed E-state index contributed by atoms with van der Waals surface area (Å²) >= 11 is 0. The summed E-state index contributed by atoms with van der Waals surface area (Å²) in [5, 5.41) is 3.78. The third-order valence-corrected chi connectivity index (χ3v) is 1.17. The summed E-state index contributed by atoms with van der Waals surface area (Å²) in [6, 6.07) is 0. The van der Waals surface area contributed by atoms with Gasteiger partial charge in [-0.05, 0) is 13.8 Å². The molecule has 1 rings (SSSR count). The van der Waals surface area contributed by atoms with Crippen LogP contribution in [0, 0.1) is 6.92 Å². The average molecular weight is 155 g/mol. The van der Waals surface area contributed by atoms with Crippen LogP contribution in [-0.2, 0) is 11.3 Å². The Kier molecular flexibility index (Phi) is 1.89. The van der Waals surface area contributed by atoms with Gasteiger partial charge >= 0.3 is 5.69 Å². The molecular weight excluding hydrogens is 146 g/mol. The Morgan fingerprint density at radius 2 is 2.36 bits per heavy atom. The van der Waals surface area contributed by atoms with Crippen molar-refractivity contribution in [1.82, 2.24) is 14.8 Å². The molecule has 0 atom stereocenters. The Balaban J connectivity index is 2.95. The normalized spacial score (nSPS) is 10.0. The Hall–Kier alpha value is -1.39. The summed E-state index contributed by atoms with van der Waals surface area (Å²) in [6.45, 7) is 3.12. The molecule has 60 valence electrons. The van der Waals surface area contributed by atoms with Crippen LogP contribution in [-0.4, -0.2) is 20.5 Å². The number of rotatable bonds is 2. The SMILES string of the molecule is CC(=O)Cn1nc(C)[nH]c1=O. The maximum absolute atomic E-state index is 10.9. The number of carbonyl (C=O) groups excluding carboxylic acids is 1. The van der Waals surface area contributed by atoms with E-state index in [1.54, 1.807) is 6.92 Å². The van der Waals surface area contributed by atoms with Gasteiger partial charge in [0.1, 0.15) is 12.4 Å². The van der Waals surface area contributed by atoms with Crippen LogP contribution in [0.3, 0.4) is 0 Å². The molecule has 1 aromatic rings. The Morgan fingerprint density at radius 3 is 2.73 bits per heavy atom. The van der Waals surface area contributed by atoms with Crippen molar-refractivity contribution >= 4 is 5.78 Å². The summed E-state index contributed by atoms with van der Waals surface area (Å²) in [5.41, 5.74) is -0.335. The molecule has 5 heteroatoms. The van der Waals surface area contributed by atoms with Crippen molar-refractivity contribution in [2.24, 2.45) is 0 Å². The van der Waals surface area contributed by atoms with E-state index in [0.29, 0.717) is 5.82 Å². The van der Waals surface area contributed by atoms with E-state index in [4.69, 9.17) is 0 Å². The zero-order valence-corrected chi connectivity index (χ0v) is 6.42. The Labute approximate surface area is 63.0 Å². The predicted octanol–water partition coefficient (Wildman–Crippen LogP) is -0.531. The van der Waals surface area contributed by atoms with Crippen LogP contribution < -0.4 is 5.69 Å². The molecule has 0 aliphatic carbocycles. The molecule has 0 saturated heterocycles. The molecule has 0 saturated carbocycles. The van der Waals surface area contributed by atoms with Gasteiger partial charge in [-0.2, -0.15) is 5.10 Å². The number of aromatic nitrogens is 3. The average Bonchev–Trinajstić information content (AvgIpc) is 2.09. The summed E-state index contributed by atoms with van der Waals surface area (Å²) in [4.78, 5) is 23.9. The minimum absolute atomic E-state index is 0.0448. The Bertz CT molecular complexity index is 323. The van der Waals surface area contributed by atoms with Gasteiger partial charge in [0.2, 0.25) is 0 Å². The zero-order valence-electron chi connectivity index (χ0n) is 6.42. The van der Waals surface area contributed by atoms with Crippen molar-refractivity contribution < 1.29 is 4.79 Å². The molecule has 1 aromatic heterocycles. The van der Waals surface area contributed by atoms with Gasteiger partial charge in [0.05, 0.1) is 0 Å². The molecule has 0 spiro atoms. The molecule has 0 amide bonds. The maximum atomic E-state index is 10.9. The Morgan fingerprint density at radius 1 is 1.73 bits per heavy atom. The molecule has 0 unspecified atom stereocenters. The lowest BCUT2D eigenvalue weighted by atomic mass is 10.5. The second kappa shape index (κ2) is 2.69. The second-order valence-corrected chi connectivity index (χ2v) is 2.38. The largest absolute Gasteiger partial charge is 0.343 e. The number of ketones is 1. The third-order valence-electron chi connectivity index (χ3n) is 1.17. The molecule has 0 fully saturated rings.